The van der Waals surface area contributed by atoms with Gasteiger partial charge in [0, 0.05) is 17.8 Å². The van der Waals surface area contributed by atoms with Crippen LogP contribution >= 0.6 is 0 Å². The first-order chi connectivity index (χ1) is 6.56. The lowest BCUT2D eigenvalue weighted by atomic mass is 10.1. The smallest absolute Gasteiger partial charge is 0.266 e. The van der Waals surface area contributed by atoms with Gasteiger partial charge in [0.05, 0.1) is 6.61 Å². The van der Waals surface area contributed by atoms with E-state index in [0.717, 1.165) is 38.5 Å². The second-order valence-corrected chi connectivity index (χ2v) is 5.45. The zero-order valence-electron chi connectivity index (χ0n) is 8.18. The van der Waals surface area contributed by atoms with Gasteiger partial charge in [0.25, 0.3) is 9.05 Å². The lowest BCUT2D eigenvalue weighted by Crippen LogP contribution is -2.03. The molecule has 6 heteroatoms. The van der Waals surface area contributed by atoms with Crippen molar-refractivity contribution in [1.29, 1.82) is 0 Å². The van der Waals surface area contributed by atoms with Crippen molar-refractivity contribution in [3.8, 4) is 0 Å². The Bertz CT molecular complexity index is 213. The Labute approximate surface area is 90.4 Å². The Hall–Kier alpha value is 0.250. The highest BCUT2D eigenvalue weighted by Crippen LogP contribution is 2.05. The molecule has 0 saturated carbocycles. The number of rotatable bonds is 9. The number of hydrogen-bond donors (Lipinski definition) is 2. The van der Waals surface area contributed by atoms with Crippen molar-refractivity contribution >= 4 is 20.2 Å². The molecule has 0 amide bonds. The zero-order valence-corrected chi connectivity index (χ0v) is 9.82. The van der Waals surface area contributed by atoms with Crippen molar-refractivity contribution in [3.63, 3.8) is 0 Å². The number of hydrogen-bond acceptors (Lipinski definition) is 4. The van der Waals surface area contributed by atoms with Gasteiger partial charge in [-0.25, -0.2) is 0 Å². The Kier molecular flexibility index (Phi) is 8.70. The van der Waals surface area contributed by atoms with E-state index >= 15 is 0 Å². The molecule has 0 rings (SSSR count). The number of aliphatic hydroxyl groups is 1. The summed E-state index contributed by atoms with van der Waals surface area (Å²) in [5.41, 5.74) is 0. The van der Waals surface area contributed by atoms with Crippen molar-refractivity contribution in [1.82, 2.24) is 0 Å². The average molecular weight is 242 g/mol. The fourth-order valence-corrected chi connectivity index (χ4v) is 1.62. The standard InChI is InChI=1S/C8H18O4S2/c9-7-5-3-1-2-4-6-8-12-14(10,11)13/h9H,1-8H2,(H,10,11,13). The van der Waals surface area contributed by atoms with E-state index in [0.29, 0.717) is 0 Å². The molecule has 0 aromatic rings. The molecule has 0 aliphatic rings. The van der Waals surface area contributed by atoms with Gasteiger partial charge in [-0.2, -0.15) is 4.21 Å². The molecule has 2 N–H and O–H groups in total. The van der Waals surface area contributed by atoms with Crippen LogP contribution in [0.3, 0.4) is 0 Å². The Morgan fingerprint density at radius 3 is 2.07 bits per heavy atom. The van der Waals surface area contributed by atoms with Crippen molar-refractivity contribution in [2.75, 3.05) is 13.2 Å². The van der Waals surface area contributed by atoms with E-state index < -0.39 is 9.05 Å². The monoisotopic (exact) mass is 242 g/mol. The molecule has 0 aromatic carbocycles. The predicted octanol–water partition coefficient (Wildman–Crippen LogP) is 1.47. The summed E-state index contributed by atoms with van der Waals surface area (Å²) in [5.74, 6) is 0. The third-order valence-corrected chi connectivity index (χ3v) is 2.54. The van der Waals surface area contributed by atoms with Crippen LogP contribution in [-0.4, -0.2) is 27.1 Å². The molecule has 4 nitrogen and oxygen atoms in total. The van der Waals surface area contributed by atoms with Gasteiger partial charge in [-0.05, 0) is 12.8 Å². The summed E-state index contributed by atoms with van der Waals surface area (Å²) in [6, 6.07) is 0. The molecule has 1 atom stereocenters. The van der Waals surface area contributed by atoms with Gasteiger partial charge in [-0.15, -0.1) is 0 Å². The predicted molar refractivity (Wildman–Crippen MR) is 58.9 cm³/mol. The van der Waals surface area contributed by atoms with Crippen LogP contribution in [0, 0.1) is 0 Å². The van der Waals surface area contributed by atoms with Gasteiger partial charge in [0.2, 0.25) is 0 Å². The van der Waals surface area contributed by atoms with Crippen molar-refractivity contribution in [2.24, 2.45) is 0 Å². The highest BCUT2D eigenvalue weighted by molar-refractivity contribution is 8.27. The van der Waals surface area contributed by atoms with Crippen molar-refractivity contribution in [3.05, 3.63) is 0 Å². The third-order valence-electron chi connectivity index (χ3n) is 1.78. The van der Waals surface area contributed by atoms with Gasteiger partial charge < -0.3 is 5.11 Å². The maximum Gasteiger partial charge on any atom is 0.266 e. The van der Waals surface area contributed by atoms with E-state index in [1.165, 1.54) is 0 Å². The molecule has 1 unspecified atom stereocenters. The molecule has 0 spiro atoms. The molecule has 0 bridgehead atoms. The van der Waals surface area contributed by atoms with Gasteiger partial charge in [-0.3, -0.25) is 8.74 Å². The van der Waals surface area contributed by atoms with Crippen LogP contribution in [0.5, 0.6) is 0 Å². The van der Waals surface area contributed by atoms with Gasteiger partial charge in [0.15, 0.2) is 0 Å². The van der Waals surface area contributed by atoms with E-state index in [1.54, 1.807) is 0 Å². The van der Waals surface area contributed by atoms with Crippen LogP contribution in [0.4, 0.5) is 0 Å². The van der Waals surface area contributed by atoms with Gasteiger partial charge >= 0.3 is 0 Å². The quantitative estimate of drug-likeness (QED) is 0.599. The molecule has 0 aliphatic carbocycles. The SMILES string of the molecule is O=S(O)(=S)OCCCCCCCCO. The van der Waals surface area contributed by atoms with Crippen molar-refractivity contribution in [2.45, 2.75) is 38.5 Å². The van der Waals surface area contributed by atoms with Crippen LogP contribution in [-0.2, 0) is 24.4 Å². The number of unbranched alkanes of at least 4 members (excludes halogenated alkanes) is 5. The van der Waals surface area contributed by atoms with E-state index in [1.807, 2.05) is 0 Å². The van der Waals surface area contributed by atoms with E-state index in [2.05, 4.69) is 15.4 Å². The Morgan fingerprint density at radius 2 is 1.57 bits per heavy atom. The summed E-state index contributed by atoms with van der Waals surface area (Å²) < 4.78 is 23.6. The van der Waals surface area contributed by atoms with Crippen molar-refractivity contribution < 1.29 is 18.1 Å². The highest BCUT2D eigenvalue weighted by Gasteiger charge is 1.98. The van der Waals surface area contributed by atoms with E-state index in [4.69, 9.17) is 9.66 Å². The second-order valence-electron chi connectivity index (χ2n) is 3.09. The van der Waals surface area contributed by atoms with Crippen LogP contribution in [0.1, 0.15) is 38.5 Å². The molecule has 0 fully saturated rings. The first-order valence-electron chi connectivity index (χ1n) is 4.79. The average Bonchev–Trinajstić information content (AvgIpc) is 2.08. The van der Waals surface area contributed by atoms with E-state index in [9.17, 15) is 4.21 Å². The number of aliphatic hydroxyl groups excluding tert-OH is 1. The third kappa shape index (κ3) is 12.2. The van der Waals surface area contributed by atoms with Crippen LogP contribution in [0.25, 0.3) is 0 Å². The first kappa shape index (κ1) is 14.2. The zero-order chi connectivity index (χ0) is 10.9. The van der Waals surface area contributed by atoms with E-state index in [-0.39, 0.29) is 13.2 Å². The topological polar surface area (TPSA) is 66.8 Å². The summed E-state index contributed by atoms with van der Waals surface area (Å²) in [6.07, 6.45) is 5.77. The molecule has 0 heterocycles. The van der Waals surface area contributed by atoms with Gasteiger partial charge in [0.1, 0.15) is 0 Å². The van der Waals surface area contributed by atoms with Gasteiger partial charge in [-0.1, -0.05) is 25.7 Å². The molecule has 0 radical (unpaired) electrons. The molecule has 0 aromatic heterocycles. The Balaban J connectivity index is 3.07. The summed E-state index contributed by atoms with van der Waals surface area (Å²) >= 11 is 4.15. The summed E-state index contributed by atoms with van der Waals surface area (Å²) in [6.45, 7) is 0.504. The molecular weight excluding hydrogens is 224 g/mol. The minimum atomic E-state index is -3.43. The summed E-state index contributed by atoms with van der Waals surface area (Å²) in [5, 5.41) is 8.51. The molecular formula is C8H18O4S2. The van der Waals surface area contributed by atoms with Crippen LogP contribution in [0.2, 0.25) is 0 Å². The Morgan fingerprint density at radius 1 is 1.07 bits per heavy atom. The first-order valence-corrected chi connectivity index (χ1v) is 7.15. The molecule has 86 valence electrons. The highest BCUT2D eigenvalue weighted by atomic mass is 32.9. The fraction of sp³-hybridized carbons (Fsp3) is 1.00. The fourth-order valence-electron chi connectivity index (χ4n) is 1.09. The van der Waals surface area contributed by atoms with Crippen LogP contribution in [0.15, 0.2) is 0 Å². The molecule has 14 heavy (non-hydrogen) atoms. The minimum Gasteiger partial charge on any atom is -0.396 e. The lowest BCUT2D eigenvalue weighted by Gasteiger charge is -2.02. The molecule has 0 aliphatic heterocycles. The second kappa shape index (κ2) is 8.55. The molecule has 0 saturated heterocycles. The summed E-state index contributed by atoms with van der Waals surface area (Å²) in [4.78, 5) is 0. The maximum atomic E-state index is 10.5. The summed E-state index contributed by atoms with van der Waals surface area (Å²) in [7, 11) is -3.43. The normalized spacial score (nSPS) is 15.3. The minimum absolute atomic E-state index is 0.249. The maximum absolute atomic E-state index is 10.5. The lowest BCUT2D eigenvalue weighted by molar-refractivity contribution is 0.279. The largest absolute Gasteiger partial charge is 0.396 e. The van der Waals surface area contributed by atoms with Crippen LogP contribution < -0.4 is 0 Å².